The smallest absolute Gasteiger partial charge is 0.0707 e. The predicted octanol–water partition coefficient (Wildman–Crippen LogP) is 5.39. The highest BCUT2D eigenvalue weighted by molar-refractivity contribution is 4.87. The number of nitrogens with zero attached hydrogens (tertiary/aromatic N) is 1. The van der Waals surface area contributed by atoms with Gasteiger partial charge in [0, 0.05) is 57.1 Å². The van der Waals surface area contributed by atoms with E-state index < -0.39 is 0 Å². The number of ether oxygens (including phenoxy) is 10. The van der Waals surface area contributed by atoms with Crippen LogP contribution in [-0.2, 0) is 47.4 Å². The fourth-order valence-electron chi connectivity index (χ4n) is 4.59. The first kappa shape index (κ1) is 50.5. The molecule has 0 aromatic rings. The summed E-state index contributed by atoms with van der Waals surface area (Å²) in [5, 5.41) is 3.66. The number of rotatable bonds is 36. The molecule has 1 N–H and O–H groups in total. The van der Waals surface area contributed by atoms with Gasteiger partial charge in [-0.15, -0.1) is 0 Å². The van der Waals surface area contributed by atoms with Crippen LogP contribution in [0.15, 0.2) is 0 Å². The summed E-state index contributed by atoms with van der Waals surface area (Å²) in [6, 6.07) is 0. The third-order valence-electron chi connectivity index (χ3n) is 7.31. The van der Waals surface area contributed by atoms with Crippen LogP contribution in [0, 0.1) is 0 Å². The van der Waals surface area contributed by atoms with Crippen LogP contribution in [0.25, 0.3) is 0 Å². The van der Waals surface area contributed by atoms with Crippen molar-refractivity contribution in [1.82, 2.24) is 10.2 Å². The second kappa shape index (κ2) is 30.8. The Labute approximate surface area is 313 Å². The summed E-state index contributed by atoms with van der Waals surface area (Å²) in [5.74, 6) is 0. The molecule has 0 aromatic carbocycles. The molecule has 0 spiro atoms. The Balaban J connectivity index is 3.71. The molecule has 0 atom stereocenters. The van der Waals surface area contributed by atoms with E-state index in [9.17, 15) is 0 Å². The van der Waals surface area contributed by atoms with Crippen LogP contribution in [0.4, 0.5) is 0 Å². The Kier molecular flexibility index (Phi) is 30.5. The first-order chi connectivity index (χ1) is 24.0. The highest BCUT2D eigenvalue weighted by Crippen LogP contribution is 2.17. The molecule has 0 fully saturated rings. The Morgan fingerprint density at radius 1 is 0.373 bits per heavy atom. The summed E-state index contributed by atoms with van der Waals surface area (Å²) >= 11 is 0. The monoisotopic (exact) mass is 739 g/mol. The molecule has 0 rings (SSSR count). The summed E-state index contributed by atoms with van der Waals surface area (Å²) < 4.78 is 56.6. The molecule has 0 heterocycles. The van der Waals surface area contributed by atoms with Gasteiger partial charge in [0.2, 0.25) is 0 Å². The Morgan fingerprint density at radius 3 is 1.10 bits per heavy atom. The van der Waals surface area contributed by atoms with Crippen LogP contribution < -0.4 is 5.32 Å². The van der Waals surface area contributed by atoms with Crippen LogP contribution >= 0.6 is 0 Å². The van der Waals surface area contributed by atoms with E-state index in [1.54, 1.807) is 0 Å². The topological polar surface area (TPSA) is 108 Å². The molecule has 0 aliphatic carbocycles. The van der Waals surface area contributed by atoms with Crippen molar-refractivity contribution in [3.05, 3.63) is 0 Å². The second-order valence-electron chi connectivity index (χ2n) is 16.3. The molecule has 51 heavy (non-hydrogen) atoms. The molecule has 0 aromatic heterocycles. The van der Waals surface area contributed by atoms with Gasteiger partial charge in [0.25, 0.3) is 0 Å². The van der Waals surface area contributed by atoms with E-state index in [1.165, 1.54) is 0 Å². The second-order valence-corrected chi connectivity index (χ2v) is 16.3. The van der Waals surface area contributed by atoms with Gasteiger partial charge in [-0.3, -0.25) is 4.90 Å². The van der Waals surface area contributed by atoms with Crippen molar-refractivity contribution in [3.8, 4) is 0 Å². The lowest BCUT2D eigenvalue weighted by Gasteiger charge is -2.41. The number of hydrogen-bond donors (Lipinski definition) is 1. The average molecular weight is 739 g/mol. The first-order valence-corrected chi connectivity index (χ1v) is 19.4. The lowest BCUT2D eigenvalue weighted by atomic mass is 9.99. The Hall–Kier alpha value is -0.480. The van der Waals surface area contributed by atoms with Gasteiger partial charge in [0.05, 0.1) is 104 Å². The Bertz CT molecular complexity index is 754. The van der Waals surface area contributed by atoms with Gasteiger partial charge in [0.1, 0.15) is 0 Å². The van der Waals surface area contributed by atoms with E-state index in [4.69, 9.17) is 47.4 Å². The van der Waals surface area contributed by atoms with Crippen LogP contribution in [0.2, 0.25) is 0 Å². The van der Waals surface area contributed by atoms with Gasteiger partial charge in [0.15, 0.2) is 0 Å². The predicted molar refractivity (Wildman–Crippen MR) is 205 cm³/mol. The SMILES string of the molecule is CC(C)(CN(CCOCCOCCCOCCOCCOC(C)(C)C)C(C)(C)C)NCCOCCOCCCCOCCOCCOC(C)(C)C. The molecule has 0 aliphatic rings. The third kappa shape index (κ3) is 39.0. The standard InChI is InChI=1S/C39H82N2O10/c1-36(2,3)41(16-22-47-28-24-44-19-14-20-45-26-30-49-32-34-51-38(7,8)9)35-39(10,11)40-15-21-46-27-23-42-17-12-13-18-43-25-29-48-31-33-50-37(4,5)6/h40H,12-35H2,1-11H3. The fraction of sp³-hybridized carbons (Fsp3) is 1.00. The molecule has 0 unspecified atom stereocenters. The van der Waals surface area contributed by atoms with Gasteiger partial charge in [-0.2, -0.15) is 0 Å². The molecule has 0 aliphatic heterocycles. The highest BCUT2D eigenvalue weighted by Gasteiger charge is 2.28. The minimum absolute atomic E-state index is 0.0278. The van der Waals surface area contributed by atoms with Crippen molar-refractivity contribution in [1.29, 1.82) is 0 Å². The minimum atomic E-state index is -0.126. The van der Waals surface area contributed by atoms with Crippen LogP contribution in [0.1, 0.15) is 95.4 Å². The van der Waals surface area contributed by atoms with Crippen molar-refractivity contribution in [3.63, 3.8) is 0 Å². The largest absolute Gasteiger partial charge is 0.379 e. The molecule has 0 radical (unpaired) electrons. The maximum atomic E-state index is 5.90. The van der Waals surface area contributed by atoms with E-state index in [0.717, 1.165) is 52.1 Å². The first-order valence-electron chi connectivity index (χ1n) is 19.4. The molecule has 12 nitrogen and oxygen atoms in total. The summed E-state index contributed by atoms with van der Waals surface area (Å²) in [7, 11) is 0. The third-order valence-corrected chi connectivity index (χ3v) is 7.31. The normalized spacial score (nSPS) is 13.2. The summed E-state index contributed by atoms with van der Waals surface area (Å²) in [6.45, 7) is 37.3. The van der Waals surface area contributed by atoms with E-state index in [1.807, 2.05) is 41.5 Å². The lowest BCUT2D eigenvalue weighted by molar-refractivity contribution is -0.0433. The zero-order valence-electron chi connectivity index (χ0n) is 35.0. The van der Waals surface area contributed by atoms with Crippen LogP contribution in [0.3, 0.4) is 0 Å². The van der Waals surface area contributed by atoms with Crippen LogP contribution in [-0.4, -0.2) is 166 Å². The van der Waals surface area contributed by atoms with Crippen molar-refractivity contribution in [2.45, 2.75) is 118 Å². The van der Waals surface area contributed by atoms with Gasteiger partial charge in [-0.1, -0.05) is 0 Å². The quantitative estimate of drug-likeness (QED) is 0.0834. The average Bonchev–Trinajstić information content (AvgIpc) is 3.01. The number of hydrogen-bond acceptors (Lipinski definition) is 12. The van der Waals surface area contributed by atoms with E-state index in [-0.39, 0.29) is 22.3 Å². The minimum Gasteiger partial charge on any atom is -0.379 e. The number of unbranched alkanes of at least 4 members (excludes halogenated alkanes) is 1. The molecule has 308 valence electrons. The molecule has 0 saturated heterocycles. The summed E-state index contributed by atoms with van der Waals surface area (Å²) in [6.07, 6.45) is 2.81. The molecule has 12 heteroatoms. The van der Waals surface area contributed by atoms with Gasteiger partial charge < -0.3 is 52.7 Å². The van der Waals surface area contributed by atoms with Gasteiger partial charge in [-0.05, 0) is 95.4 Å². The Morgan fingerprint density at radius 2 is 0.706 bits per heavy atom. The molecule has 0 saturated carbocycles. The van der Waals surface area contributed by atoms with E-state index in [2.05, 4.69) is 44.8 Å². The summed E-state index contributed by atoms with van der Waals surface area (Å²) in [4.78, 5) is 2.47. The lowest BCUT2D eigenvalue weighted by Crippen LogP contribution is -2.55. The molecule has 0 bridgehead atoms. The molecular formula is C39H82N2O10. The van der Waals surface area contributed by atoms with Crippen molar-refractivity contribution in [2.75, 3.05) is 139 Å². The summed E-state index contributed by atoms with van der Waals surface area (Å²) in [5.41, 5.74) is -0.289. The van der Waals surface area contributed by atoms with Crippen molar-refractivity contribution >= 4 is 0 Å². The van der Waals surface area contributed by atoms with E-state index in [0.29, 0.717) is 106 Å². The zero-order valence-corrected chi connectivity index (χ0v) is 35.0. The highest BCUT2D eigenvalue weighted by atomic mass is 16.6. The molecule has 0 amide bonds. The van der Waals surface area contributed by atoms with Crippen LogP contribution in [0.5, 0.6) is 0 Å². The van der Waals surface area contributed by atoms with Gasteiger partial charge >= 0.3 is 0 Å². The van der Waals surface area contributed by atoms with Gasteiger partial charge in [-0.25, -0.2) is 0 Å². The zero-order chi connectivity index (χ0) is 38.3. The van der Waals surface area contributed by atoms with Crippen molar-refractivity contribution in [2.24, 2.45) is 0 Å². The maximum Gasteiger partial charge on any atom is 0.0707 e. The number of nitrogens with one attached hydrogen (secondary N) is 1. The molecular weight excluding hydrogens is 656 g/mol. The maximum absolute atomic E-state index is 5.90. The van der Waals surface area contributed by atoms with E-state index >= 15 is 0 Å². The fourth-order valence-corrected chi connectivity index (χ4v) is 4.59. The van der Waals surface area contributed by atoms with Crippen molar-refractivity contribution < 1.29 is 47.4 Å².